The number of piperidine rings is 1. The van der Waals surface area contributed by atoms with Gasteiger partial charge in [0, 0.05) is 12.6 Å². The van der Waals surface area contributed by atoms with Crippen molar-refractivity contribution in [3.05, 3.63) is 42.5 Å². The highest BCUT2D eigenvalue weighted by Crippen LogP contribution is 2.23. The Labute approximate surface area is 154 Å². The van der Waals surface area contributed by atoms with E-state index in [1.54, 1.807) is 23.1 Å². The number of amides is 1. The summed E-state index contributed by atoms with van der Waals surface area (Å²) in [5, 5.41) is 3.87. The average molecular weight is 370 g/mol. The van der Waals surface area contributed by atoms with Gasteiger partial charge in [0.2, 0.25) is 17.5 Å². The second-order valence-corrected chi connectivity index (χ2v) is 6.09. The Kier molecular flexibility index (Phi) is 4.73. The molecule has 1 atom stereocenters. The molecule has 9 nitrogen and oxygen atoms in total. The fourth-order valence-electron chi connectivity index (χ4n) is 2.95. The summed E-state index contributed by atoms with van der Waals surface area (Å²) in [5.74, 6) is 1.49. The van der Waals surface area contributed by atoms with Crippen molar-refractivity contribution < 1.29 is 23.2 Å². The van der Waals surface area contributed by atoms with E-state index in [9.17, 15) is 4.79 Å². The van der Waals surface area contributed by atoms with Gasteiger partial charge in [0.25, 0.3) is 5.91 Å². The van der Waals surface area contributed by atoms with Crippen LogP contribution in [-0.2, 0) is 0 Å². The zero-order valence-corrected chi connectivity index (χ0v) is 14.7. The van der Waals surface area contributed by atoms with Crippen LogP contribution >= 0.6 is 0 Å². The molecule has 0 saturated carbocycles. The lowest BCUT2D eigenvalue weighted by Crippen LogP contribution is -2.44. The van der Waals surface area contributed by atoms with Crippen LogP contribution in [-0.4, -0.2) is 52.2 Å². The van der Waals surface area contributed by atoms with Gasteiger partial charge in [-0.1, -0.05) is 5.16 Å². The van der Waals surface area contributed by atoms with E-state index in [2.05, 4.69) is 15.1 Å². The SMILES string of the molecule is COc1cncc(OC2CCCN(C(=O)c3cc(-c4ccco4)on3)C2)n1. The summed E-state index contributed by atoms with van der Waals surface area (Å²) in [6.45, 7) is 1.06. The van der Waals surface area contributed by atoms with Gasteiger partial charge >= 0.3 is 0 Å². The number of rotatable bonds is 5. The van der Waals surface area contributed by atoms with Crippen molar-refractivity contribution in [3.63, 3.8) is 0 Å². The van der Waals surface area contributed by atoms with Crippen LogP contribution in [0.5, 0.6) is 11.8 Å². The summed E-state index contributed by atoms with van der Waals surface area (Å²) in [6, 6.07) is 5.07. The molecule has 0 bridgehead atoms. The standard InChI is InChI=1S/C18H18N4O5/c1-24-16-9-19-10-17(20-16)26-12-4-2-6-22(11-12)18(23)13-8-15(27-21-13)14-5-3-7-25-14/h3,5,7-10,12H,2,4,6,11H2,1H3. The van der Waals surface area contributed by atoms with E-state index < -0.39 is 0 Å². The highest BCUT2D eigenvalue weighted by atomic mass is 16.5. The minimum absolute atomic E-state index is 0.180. The van der Waals surface area contributed by atoms with Crippen molar-refractivity contribution in [2.75, 3.05) is 20.2 Å². The predicted octanol–water partition coefficient (Wildman–Crippen LogP) is 2.42. The molecule has 1 unspecified atom stereocenters. The van der Waals surface area contributed by atoms with Crippen LogP contribution in [0.4, 0.5) is 0 Å². The van der Waals surface area contributed by atoms with Crippen molar-refractivity contribution in [2.45, 2.75) is 18.9 Å². The fraction of sp³-hybridized carbons (Fsp3) is 0.333. The molecule has 0 aliphatic carbocycles. The first kappa shape index (κ1) is 17.1. The maximum Gasteiger partial charge on any atom is 0.276 e. The number of ether oxygens (including phenoxy) is 2. The summed E-state index contributed by atoms with van der Waals surface area (Å²) in [7, 11) is 1.52. The van der Waals surface area contributed by atoms with Gasteiger partial charge in [-0.25, -0.2) is 0 Å². The Bertz CT molecular complexity index is 908. The highest BCUT2D eigenvalue weighted by Gasteiger charge is 2.28. The third-order valence-corrected chi connectivity index (χ3v) is 4.25. The molecule has 27 heavy (non-hydrogen) atoms. The maximum atomic E-state index is 12.8. The number of carbonyl (C=O) groups excluding carboxylic acids is 1. The van der Waals surface area contributed by atoms with Crippen LogP contribution in [0.1, 0.15) is 23.3 Å². The number of aromatic nitrogens is 3. The quantitative estimate of drug-likeness (QED) is 0.674. The first-order valence-corrected chi connectivity index (χ1v) is 8.55. The number of methoxy groups -OCH3 is 1. The number of nitrogens with zero attached hydrogens (tertiary/aromatic N) is 4. The Morgan fingerprint density at radius 2 is 2.19 bits per heavy atom. The molecule has 1 saturated heterocycles. The monoisotopic (exact) mass is 370 g/mol. The molecule has 0 N–H and O–H groups in total. The Morgan fingerprint density at radius 3 is 3.00 bits per heavy atom. The first-order valence-electron chi connectivity index (χ1n) is 8.55. The molecular formula is C18H18N4O5. The van der Waals surface area contributed by atoms with Crippen LogP contribution in [0.15, 0.2) is 45.8 Å². The van der Waals surface area contributed by atoms with E-state index in [0.717, 1.165) is 12.8 Å². The molecule has 9 heteroatoms. The molecular weight excluding hydrogens is 352 g/mol. The minimum Gasteiger partial charge on any atom is -0.480 e. The number of furan rings is 1. The smallest absolute Gasteiger partial charge is 0.276 e. The van der Waals surface area contributed by atoms with E-state index in [0.29, 0.717) is 36.4 Å². The van der Waals surface area contributed by atoms with Crippen LogP contribution in [0.3, 0.4) is 0 Å². The van der Waals surface area contributed by atoms with Gasteiger partial charge < -0.3 is 23.3 Å². The van der Waals surface area contributed by atoms with Gasteiger partial charge in [-0.3, -0.25) is 9.78 Å². The lowest BCUT2D eigenvalue weighted by Gasteiger charge is -2.32. The molecule has 1 fully saturated rings. The molecule has 0 aromatic carbocycles. The van der Waals surface area contributed by atoms with Crippen LogP contribution in [0.25, 0.3) is 11.5 Å². The van der Waals surface area contributed by atoms with Gasteiger partial charge in [0.1, 0.15) is 6.10 Å². The molecule has 1 aliphatic heterocycles. The van der Waals surface area contributed by atoms with Crippen LogP contribution in [0.2, 0.25) is 0 Å². The molecule has 3 aromatic heterocycles. The summed E-state index contributed by atoms with van der Waals surface area (Å²) < 4.78 is 21.4. The lowest BCUT2D eigenvalue weighted by molar-refractivity contribution is 0.0516. The molecule has 0 spiro atoms. The number of likely N-dealkylation sites (tertiary alicyclic amines) is 1. The van der Waals surface area contributed by atoms with Gasteiger partial charge in [0.05, 0.1) is 32.3 Å². The summed E-state index contributed by atoms with van der Waals surface area (Å²) in [5.41, 5.74) is 0.239. The van der Waals surface area contributed by atoms with E-state index in [1.165, 1.54) is 25.8 Å². The second kappa shape index (κ2) is 7.48. The first-order chi connectivity index (χ1) is 13.2. The van der Waals surface area contributed by atoms with Crippen molar-refractivity contribution in [3.8, 4) is 23.3 Å². The van der Waals surface area contributed by atoms with Gasteiger partial charge in [0.15, 0.2) is 11.5 Å². The van der Waals surface area contributed by atoms with E-state index in [4.69, 9.17) is 18.4 Å². The number of hydrogen-bond donors (Lipinski definition) is 0. The van der Waals surface area contributed by atoms with Crippen molar-refractivity contribution in [1.82, 2.24) is 20.0 Å². The van der Waals surface area contributed by atoms with Crippen molar-refractivity contribution in [1.29, 1.82) is 0 Å². The molecule has 4 heterocycles. The third kappa shape index (κ3) is 3.76. The van der Waals surface area contributed by atoms with E-state index >= 15 is 0 Å². The van der Waals surface area contributed by atoms with E-state index in [-0.39, 0.29) is 17.7 Å². The van der Waals surface area contributed by atoms with E-state index in [1.807, 2.05) is 0 Å². The topological polar surface area (TPSA) is 104 Å². The Morgan fingerprint density at radius 1 is 1.30 bits per heavy atom. The molecule has 1 aliphatic rings. The van der Waals surface area contributed by atoms with Crippen molar-refractivity contribution >= 4 is 5.91 Å². The third-order valence-electron chi connectivity index (χ3n) is 4.25. The second-order valence-electron chi connectivity index (χ2n) is 6.09. The largest absolute Gasteiger partial charge is 0.480 e. The zero-order valence-electron chi connectivity index (χ0n) is 14.7. The molecule has 0 radical (unpaired) electrons. The Balaban J connectivity index is 1.42. The fourth-order valence-corrected chi connectivity index (χ4v) is 2.95. The summed E-state index contributed by atoms with van der Waals surface area (Å²) in [6.07, 6.45) is 6.02. The zero-order chi connectivity index (χ0) is 18.6. The minimum atomic E-state index is -0.207. The van der Waals surface area contributed by atoms with Gasteiger partial charge in [-0.15, -0.1) is 0 Å². The van der Waals surface area contributed by atoms with Gasteiger partial charge in [-0.2, -0.15) is 4.98 Å². The average Bonchev–Trinajstić information content (AvgIpc) is 3.39. The Hall–Kier alpha value is -3.36. The lowest BCUT2D eigenvalue weighted by atomic mass is 10.1. The van der Waals surface area contributed by atoms with Crippen LogP contribution < -0.4 is 9.47 Å². The molecule has 1 amide bonds. The molecule has 140 valence electrons. The van der Waals surface area contributed by atoms with Crippen molar-refractivity contribution in [2.24, 2.45) is 0 Å². The van der Waals surface area contributed by atoms with Gasteiger partial charge in [-0.05, 0) is 25.0 Å². The number of carbonyl (C=O) groups is 1. The maximum absolute atomic E-state index is 12.8. The van der Waals surface area contributed by atoms with Crippen LogP contribution in [0, 0.1) is 0 Å². The normalized spacial score (nSPS) is 16.9. The highest BCUT2D eigenvalue weighted by molar-refractivity contribution is 5.93. The number of hydrogen-bond acceptors (Lipinski definition) is 8. The molecule has 4 rings (SSSR count). The molecule has 3 aromatic rings. The predicted molar refractivity (Wildman–Crippen MR) is 92.3 cm³/mol. The summed E-state index contributed by atoms with van der Waals surface area (Å²) in [4.78, 5) is 22.7. The summed E-state index contributed by atoms with van der Waals surface area (Å²) >= 11 is 0.